The van der Waals surface area contributed by atoms with E-state index in [2.05, 4.69) is 0 Å². The zero-order valence-electron chi connectivity index (χ0n) is 9.42. The average Bonchev–Trinajstić information content (AvgIpc) is 2.28. The molecule has 0 saturated carbocycles. The van der Waals surface area contributed by atoms with Gasteiger partial charge in [-0.2, -0.15) is 0 Å². The third-order valence-electron chi connectivity index (χ3n) is 2.25. The standard InChI is InChI=1S/C12H14O5/c1-8(12(15)16)6-9-2-4-10(5-3-9)17-7-11(13)14/h2-5,8H,6-7H2,1H3,(H,13,14)(H,15,16). The van der Waals surface area contributed by atoms with Crippen molar-refractivity contribution in [2.45, 2.75) is 13.3 Å². The Bertz CT molecular complexity index is 396. The van der Waals surface area contributed by atoms with Gasteiger partial charge in [-0.1, -0.05) is 19.1 Å². The molecule has 0 aliphatic carbocycles. The van der Waals surface area contributed by atoms with E-state index in [0.717, 1.165) is 5.56 Å². The highest BCUT2D eigenvalue weighted by molar-refractivity contribution is 5.70. The summed E-state index contributed by atoms with van der Waals surface area (Å²) in [4.78, 5) is 20.9. The molecule has 17 heavy (non-hydrogen) atoms. The van der Waals surface area contributed by atoms with Crippen molar-refractivity contribution in [3.05, 3.63) is 29.8 Å². The fourth-order valence-electron chi connectivity index (χ4n) is 1.31. The topological polar surface area (TPSA) is 83.8 Å². The summed E-state index contributed by atoms with van der Waals surface area (Å²) < 4.78 is 4.96. The number of benzene rings is 1. The van der Waals surface area contributed by atoms with Gasteiger partial charge in [0.15, 0.2) is 6.61 Å². The van der Waals surface area contributed by atoms with Gasteiger partial charge < -0.3 is 14.9 Å². The zero-order chi connectivity index (χ0) is 12.8. The third-order valence-corrected chi connectivity index (χ3v) is 2.25. The van der Waals surface area contributed by atoms with Crippen molar-refractivity contribution in [3.8, 4) is 5.75 Å². The summed E-state index contributed by atoms with van der Waals surface area (Å²) in [5, 5.41) is 17.2. The predicted molar refractivity (Wildman–Crippen MR) is 60.1 cm³/mol. The van der Waals surface area contributed by atoms with Gasteiger partial charge in [0.25, 0.3) is 0 Å². The zero-order valence-corrected chi connectivity index (χ0v) is 9.42. The van der Waals surface area contributed by atoms with Crippen LogP contribution in [0, 0.1) is 5.92 Å². The molecule has 0 spiro atoms. The van der Waals surface area contributed by atoms with Crippen LogP contribution in [0.5, 0.6) is 5.75 Å². The lowest BCUT2D eigenvalue weighted by molar-refractivity contribution is -0.141. The molecule has 1 unspecified atom stereocenters. The second-order valence-electron chi connectivity index (χ2n) is 3.77. The minimum absolute atomic E-state index is 0.384. The number of carbonyl (C=O) groups is 2. The van der Waals surface area contributed by atoms with Crippen molar-refractivity contribution in [2.24, 2.45) is 5.92 Å². The van der Waals surface area contributed by atoms with E-state index in [1.807, 2.05) is 0 Å². The molecule has 1 aromatic carbocycles. The highest BCUT2D eigenvalue weighted by Gasteiger charge is 2.11. The smallest absolute Gasteiger partial charge is 0.341 e. The van der Waals surface area contributed by atoms with Gasteiger partial charge in [0.1, 0.15) is 5.75 Å². The van der Waals surface area contributed by atoms with E-state index in [-0.39, 0.29) is 6.61 Å². The molecule has 1 rings (SSSR count). The maximum absolute atomic E-state index is 10.7. The fraction of sp³-hybridized carbons (Fsp3) is 0.333. The molecule has 1 aromatic rings. The molecule has 0 aromatic heterocycles. The molecule has 0 saturated heterocycles. The van der Waals surface area contributed by atoms with Crippen LogP contribution in [-0.4, -0.2) is 28.8 Å². The number of carboxylic acids is 2. The first kappa shape index (κ1) is 13.0. The van der Waals surface area contributed by atoms with Gasteiger partial charge in [0.05, 0.1) is 5.92 Å². The van der Waals surface area contributed by atoms with Crippen LogP contribution in [0.2, 0.25) is 0 Å². The van der Waals surface area contributed by atoms with Crippen LogP contribution < -0.4 is 4.74 Å². The number of aliphatic carboxylic acids is 2. The predicted octanol–water partition coefficient (Wildman–Crippen LogP) is 1.41. The molecule has 2 N–H and O–H groups in total. The van der Waals surface area contributed by atoms with Gasteiger partial charge in [0.2, 0.25) is 0 Å². The van der Waals surface area contributed by atoms with Crippen molar-refractivity contribution in [1.29, 1.82) is 0 Å². The van der Waals surface area contributed by atoms with E-state index in [9.17, 15) is 9.59 Å². The van der Waals surface area contributed by atoms with E-state index in [1.165, 1.54) is 0 Å². The number of rotatable bonds is 6. The van der Waals surface area contributed by atoms with Crippen LogP contribution >= 0.6 is 0 Å². The molecule has 0 aliphatic rings. The molecule has 0 radical (unpaired) electrons. The Morgan fingerprint density at radius 1 is 1.24 bits per heavy atom. The number of carboxylic acid groups (broad SMARTS) is 2. The Kier molecular flexibility index (Phi) is 4.51. The first-order chi connectivity index (χ1) is 7.99. The van der Waals surface area contributed by atoms with Crippen molar-refractivity contribution < 1.29 is 24.5 Å². The summed E-state index contributed by atoms with van der Waals surface area (Å²) in [7, 11) is 0. The Labute approximate surface area is 98.6 Å². The molecule has 5 heteroatoms. The first-order valence-corrected chi connectivity index (χ1v) is 5.15. The van der Waals surface area contributed by atoms with Gasteiger partial charge in [-0.3, -0.25) is 4.79 Å². The first-order valence-electron chi connectivity index (χ1n) is 5.15. The number of hydrogen-bond acceptors (Lipinski definition) is 3. The Morgan fingerprint density at radius 2 is 1.82 bits per heavy atom. The van der Waals surface area contributed by atoms with E-state index in [4.69, 9.17) is 14.9 Å². The monoisotopic (exact) mass is 238 g/mol. The summed E-state index contributed by atoms with van der Waals surface area (Å²) in [6.45, 7) is 1.25. The SMILES string of the molecule is CC(Cc1ccc(OCC(=O)O)cc1)C(=O)O. The second kappa shape index (κ2) is 5.89. The Hall–Kier alpha value is -2.04. The summed E-state index contributed by atoms with van der Waals surface area (Å²) in [5.74, 6) is -1.86. The normalized spacial score (nSPS) is 11.8. The quantitative estimate of drug-likeness (QED) is 0.782. The van der Waals surface area contributed by atoms with E-state index >= 15 is 0 Å². The third kappa shape index (κ3) is 4.55. The van der Waals surface area contributed by atoms with E-state index < -0.39 is 17.9 Å². The molecular formula is C12H14O5. The van der Waals surface area contributed by atoms with E-state index in [1.54, 1.807) is 31.2 Å². The fourth-order valence-corrected chi connectivity index (χ4v) is 1.31. The van der Waals surface area contributed by atoms with Gasteiger partial charge in [0, 0.05) is 0 Å². The summed E-state index contributed by atoms with van der Waals surface area (Å²) in [5.41, 5.74) is 0.877. The van der Waals surface area contributed by atoms with Crippen LogP contribution in [0.4, 0.5) is 0 Å². The van der Waals surface area contributed by atoms with Crippen LogP contribution in [0.1, 0.15) is 12.5 Å². The minimum atomic E-state index is -1.03. The van der Waals surface area contributed by atoms with Crippen LogP contribution in [-0.2, 0) is 16.0 Å². The van der Waals surface area contributed by atoms with Gasteiger partial charge in [-0.25, -0.2) is 4.79 Å². The molecule has 0 aliphatic heterocycles. The number of hydrogen-bond donors (Lipinski definition) is 2. The molecule has 1 atom stereocenters. The summed E-state index contributed by atoms with van der Waals surface area (Å²) in [6.07, 6.45) is 0.439. The molecule has 92 valence electrons. The van der Waals surface area contributed by atoms with E-state index in [0.29, 0.717) is 12.2 Å². The molecule has 0 bridgehead atoms. The van der Waals surface area contributed by atoms with Crippen molar-refractivity contribution in [1.82, 2.24) is 0 Å². The van der Waals surface area contributed by atoms with Crippen LogP contribution in [0.15, 0.2) is 24.3 Å². The second-order valence-corrected chi connectivity index (χ2v) is 3.77. The molecule has 5 nitrogen and oxygen atoms in total. The van der Waals surface area contributed by atoms with Gasteiger partial charge >= 0.3 is 11.9 Å². The van der Waals surface area contributed by atoms with Gasteiger partial charge in [-0.15, -0.1) is 0 Å². The molecule has 0 fully saturated rings. The highest BCUT2D eigenvalue weighted by atomic mass is 16.5. The molecule has 0 heterocycles. The lowest BCUT2D eigenvalue weighted by Crippen LogP contribution is -2.12. The Morgan fingerprint density at radius 3 is 2.29 bits per heavy atom. The minimum Gasteiger partial charge on any atom is -0.482 e. The Balaban J connectivity index is 2.55. The maximum Gasteiger partial charge on any atom is 0.341 e. The van der Waals surface area contributed by atoms with Crippen LogP contribution in [0.3, 0.4) is 0 Å². The van der Waals surface area contributed by atoms with Crippen LogP contribution in [0.25, 0.3) is 0 Å². The molecular weight excluding hydrogens is 224 g/mol. The summed E-state index contributed by atoms with van der Waals surface area (Å²) >= 11 is 0. The lowest BCUT2D eigenvalue weighted by atomic mass is 10.0. The largest absolute Gasteiger partial charge is 0.482 e. The lowest BCUT2D eigenvalue weighted by Gasteiger charge is -2.07. The highest BCUT2D eigenvalue weighted by Crippen LogP contribution is 2.15. The maximum atomic E-state index is 10.7. The summed E-state index contributed by atoms with van der Waals surface area (Å²) in [6, 6.07) is 6.73. The number of ether oxygens (including phenoxy) is 1. The molecule has 0 amide bonds. The van der Waals surface area contributed by atoms with Crippen molar-refractivity contribution in [3.63, 3.8) is 0 Å². The van der Waals surface area contributed by atoms with Gasteiger partial charge in [-0.05, 0) is 24.1 Å². The average molecular weight is 238 g/mol. The van der Waals surface area contributed by atoms with Crippen molar-refractivity contribution >= 4 is 11.9 Å². The van der Waals surface area contributed by atoms with Crippen molar-refractivity contribution in [2.75, 3.05) is 6.61 Å².